The van der Waals surface area contributed by atoms with Crippen molar-refractivity contribution in [2.45, 2.75) is 56.9 Å². The van der Waals surface area contributed by atoms with Crippen LogP contribution < -0.4 is 10.0 Å². The first-order chi connectivity index (χ1) is 8.44. The molecule has 1 aliphatic carbocycles. The Balaban J connectivity index is 2.43. The second kappa shape index (κ2) is 7.72. The van der Waals surface area contributed by atoms with Crippen LogP contribution in [0.4, 0.5) is 0 Å². The summed E-state index contributed by atoms with van der Waals surface area (Å²) >= 11 is 1.78. The van der Waals surface area contributed by atoms with Gasteiger partial charge in [-0.1, -0.05) is 26.7 Å². The Bertz CT molecular complexity index is 331. The highest BCUT2D eigenvalue weighted by atomic mass is 32.2. The molecular weight excluding hydrogens is 268 g/mol. The van der Waals surface area contributed by atoms with Gasteiger partial charge in [0.25, 0.3) is 0 Å². The summed E-state index contributed by atoms with van der Waals surface area (Å²) in [6.07, 6.45) is 6.52. The topological polar surface area (TPSA) is 58.2 Å². The van der Waals surface area contributed by atoms with Crippen LogP contribution in [0.5, 0.6) is 0 Å². The summed E-state index contributed by atoms with van der Waals surface area (Å²) in [5.41, 5.74) is 0. The van der Waals surface area contributed by atoms with Crippen LogP contribution in [0, 0.1) is 0 Å². The Hall–Kier alpha value is 0.220. The van der Waals surface area contributed by atoms with Gasteiger partial charge in [0.05, 0.1) is 5.75 Å². The van der Waals surface area contributed by atoms with E-state index in [1.807, 2.05) is 13.8 Å². The normalized spacial score (nSPS) is 25.6. The van der Waals surface area contributed by atoms with Crippen molar-refractivity contribution in [3.05, 3.63) is 0 Å². The third-order valence-electron chi connectivity index (χ3n) is 3.26. The number of nitrogens with one attached hydrogen (secondary N) is 2. The molecule has 4 nitrogen and oxygen atoms in total. The molecule has 18 heavy (non-hydrogen) atoms. The van der Waals surface area contributed by atoms with Crippen LogP contribution in [0.1, 0.15) is 39.5 Å². The molecule has 2 N–H and O–H groups in total. The fraction of sp³-hybridized carbons (Fsp3) is 1.00. The molecule has 2 atom stereocenters. The van der Waals surface area contributed by atoms with E-state index < -0.39 is 10.0 Å². The average molecular weight is 294 g/mol. The standard InChI is InChI=1S/C12H26N2O2S2/c1-10(2)13-8-9-18(15,16)14-11-6-4-5-7-12(11)17-3/h10-14H,4-9H2,1-3H3. The maximum absolute atomic E-state index is 12.0. The average Bonchev–Trinajstić information content (AvgIpc) is 2.28. The van der Waals surface area contributed by atoms with E-state index >= 15 is 0 Å². The first-order valence-corrected chi connectivity index (χ1v) is 9.65. The summed E-state index contributed by atoms with van der Waals surface area (Å²) < 4.78 is 26.8. The Morgan fingerprint density at radius 1 is 1.28 bits per heavy atom. The van der Waals surface area contributed by atoms with Crippen LogP contribution in [-0.2, 0) is 10.0 Å². The molecule has 0 aromatic rings. The largest absolute Gasteiger partial charge is 0.313 e. The van der Waals surface area contributed by atoms with Gasteiger partial charge in [-0.05, 0) is 19.1 Å². The van der Waals surface area contributed by atoms with E-state index in [4.69, 9.17) is 0 Å². The molecule has 0 amide bonds. The fourth-order valence-electron chi connectivity index (χ4n) is 2.29. The zero-order chi connectivity index (χ0) is 13.6. The molecule has 0 spiro atoms. The van der Waals surface area contributed by atoms with Gasteiger partial charge in [-0.25, -0.2) is 13.1 Å². The molecule has 0 radical (unpaired) electrons. The SMILES string of the molecule is CSC1CCCCC1NS(=O)(=O)CCNC(C)C. The number of thioether (sulfide) groups is 1. The van der Waals surface area contributed by atoms with Crippen LogP contribution in [0.2, 0.25) is 0 Å². The Morgan fingerprint density at radius 2 is 1.94 bits per heavy atom. The predicted octanol–water partition coefficient (Wildman–Crippen LogP) is 1.58. The van der Waals surface area contributed by atoms with E-state index in [-0.39, 0.29) is 11.8 Å². The van der Waals surface area contributed by atoms with Gasteiger partial charge in [0.15, 0.2) is 0 Å². The fourth-order valence-corrected chi connectivity index (χ4v) is 4.55. The lowest BCUT2D eigenvalue weighted by Gasteiger charge is -2.30. The molecule has 0 saturated heterocycles. The van der Waals surface area contributed by atoms with Crippen molar-refractivity contribution in [1.29, 1.82) is 0 Å². The lowest BCUT2D eigenvalue weighted by atomic mass is 9.96. The van der Waals surface area contributed by atoms with Crippen molar-refractivity contribution in [3.8, 4) is 0 Å². The maximum Gasteiger partial charge on any atom is 0.213 e. The van der Waals surface area contributed by atoms with Crippen molar-refractivity contribution in [1.82, 2.24) is 10.0 Å². The zero-order valence-electron chi connectivity index (χ0n) is 11.6. The molecular formula is C12H26N2O2S2. The number of sulfonamides is 1. The molecule has 108 valence electrons. The molecule has 1 saturated carbocycles. The van der Waals surface area contributed by atoms with E-state index in [2.05, 4.69) is 16.3 Å². The monoisotopic (exact) mass is 294 g/mol. The minimum Gasteiger partial charge on any atom is -0.313 e. The number of hydrogen-bond donors (Lipinski definition) is 2. The quantitative estimate of drug-likeness (QED) is 0.748. The van der Waals surface area contributed by atoms with Crippen molar-refractivity contribution < 1.29 is 8.42 Å². The molecule has 1 fully saturated rings. The highest BCUT2D eigenvalue weighted by Crippen LogP contribution is 2.27. The minimum atomic E-state index is -3.15. The molecule has 0 aromatic carbocycles. The molecule has 0 aromatic heterocycles. The van der Waals surface area contributed by atoms with E-state index in [0.29, 0.717) is 17.8 Å². The van der Waals surface area contributed by atoms with Crippen molar-refractivity contribution in [2.24, 2.45) is 0 Å². The summed E-state index contributed by atoms with van der Waals surface area (Å²) in [4.78, 5) is 0. The van der Waals surface area contributed by atoms with Gasteiger partial charge < -0.3 is 5.32 Å². The zero-order valence-corrected chi connectivity index (χ0v) is 13.2. The van der Waals surface area contributed by atoms with E-state index in [1.54, 1.807) is 11.8 Å². The molecule has 1 rings (SSSR count). The summed E-state index contributed by atoms with van der Waals surface area (Å²) in [6, 6.07) is 0.451. The van der Waals surface area contributed by atoms with Gasteiger partial charge >= 0.3 is 0 Å². The lowest BCUT2D eigenvalue weighted by molar-refractivity contribution is 0.423. The molecule has 2 unspecified atom stereocenters. The third kappa shape index (κ3) is 5.91. The summed E-state index contributed by atoms with van der Waals surface area (Å²) in [7, 11) is -3.15. The summed E-state index contributed by atoms with van der Waals surface area (Å²) in [6.45, 7) is 4.56. The highest BCUT2D eigenvalue weighted by molar-refractivity contribution is 7.99. The van der Waals surface area contributed by atoms with Gasteiger partial charge in [0.1, 0.15) is 0 Å². The molecule has 1 aliphatic rings. The number of hydrogen-bond acceptors (Lipinski definition) is 4. The van der Waals surface area contributed by atoms with Crippen LogP contribution in [-0.4, -0.2) is 44.3 Å². The van der Waals surface area contributed by atoms with Gasteiger partial charge in [0, 0.05) is 23.9 Å². The minimum absolute atomic E-state index is 0.123. The summed E-state index contributed by atoms with van der Waals surface area (Å²) in [5.74, 6) is 0.169. The van der Waals surface area contributed by atoms with Gasteiger partial charge in [-0.15, -0.1) is 0 Å². The molecule has 0 aliphatic heterocycles. The van der Waals surface area contributed by atoms with Crippen molar-refractivity contribution in [2.75, 3.05) is 18.6 Å². The van der Waals surface area contributed by atoms with Crippen molar-refractivity contribution >= 4 is 21.8 Å². The molecule has 0 heterocycles. The van der Waals surface area contributed by atoms with Crippen LogP contribution in [0.25, 0.3) is 0 Å². The first kappa shape index (κ1) is 16.3. The maximum atomic E-state index is 12.0. The summed E-state index contributed by atoms with van der Waals surface area (Å²) in [5, 5.41) is 3.58. The van der Waals surface area contributed by atoms with E-state index in [0.717, 1.165) is 19.3 Å². The first-order valence-electron chi connectivity index (χ1n) is 6.71. The highest BCUT2D eigenvalue weighted by Gasteiger charge is 2.27. The third-order valence-corrected chi connectivity index (χ3v) is 5.83. The second-order valence-electron chi connectivity index (χ2n) is 5.21. The smallest absolute Gasteiger partial charge is 0.213 e. The van der Waals surface area contributed by atoms with E-state index in [1.165, 1.54) is 6.42 Å². The van der Waals surface area contributed by atoms with Crippen molar-refractivity contribution in [3.63, 3.8) is 0 Å². The van der Waals surface area contributed by atoms with Gasteiger partial charge in [-0.2, -0.15) is 11.8 Å². The van der Waals surface area contributed by atoms with Crippen LogP contribution in [0.15, 0.2) is 0 Å². The molecule has 6 heteroatoms. The number of rotatable bonds is 7. The Morgan fingerprint density at radius 3 is 2.56 bits per heavy atom. The Labute approximate surface area is 116 Å². The Kier molecular flexibility index (Phi) is 6.98. The predicted molar refractivity (Wildman–Crippen MR) is 79.6 cm³/mol. The van der Waals surface area contributed by atoms with Gasteiger partial charge in [-0.3, -0.25) is 0 Å². The lowest BCUT2D eigenvalue weighted by Crippen LogP contribution is -2.45. The molecule has 0 bridgehead atoms. The van der Waals surface area contributed by atoms with Crippen LogP contribution >= 0.6 is 11.8 Å². The van der Waals surface area contributed by atoms with Crippen LogP contribution in [0.3, 0.4) is 0 Å². The van der Waals surface area contributed by atoms with Gasteiger partial charge in [0.2, 0.25) is 10.0 Å². The second-order valence-corrected chi connectivity index (χ2v) is 8.16. The van der Waals surface area contributed by atoms with E-state index in [9.17, 15) is 8.42 Å².